The highest BCUT2D eigenvalue weighted by Gasteiger charge is 2.21. The van der Waals surface area contributed by atoms with E-state index in [0.29, 0.717) is 17.9 Å². The van der Waals surface area contributed by atoms with Crippen molar-refractivity contribution in [1.29, 1.82) is 0 Å². The summed E-state index contributed by atoms with van der Waals surface area (Å²) in [5.41, 5.74) is 1.78. The van der Waals surface area contributed by atoms with Gasteiger partial charge in [0.15, 0.2) is 0 Å². The summed E-state index contributed by atoms with van der Waals surface area (Å²) in [4.78, 5) is 4.35. The molecule has 0 unspecified atom stereocenters. The van der Waals surface area contributed by atoms with Gasteiger partial charge in [0.2, 0.25) is 0 Å². The van der Waals surface area contributed by atoms with Crippen LogP contribution in [0.15, 0.2) is 47.2 Å². The number of hydrogen-bond donors (Lipinski definition) is 1. The largest absolute Gasteiger partial charge is 0.332 e. The van der Waals surface area contributed by atoms with E-state index in [1.165, 1.54) is 19.3 Å². The van der Waals surface area contributed by atoms with Gasteiger partial charge in [0.1, 0.15) is 0 Å². The van der Waals surface area contributed by atoms with Crippen LogP contribution >= 0.6 is 0 Å². The molecule has 2 aromatic heterocycles. The zero-order valence-electron chi connectivity index (χ0n) is 11.4. The van der Waals surface area contributed by atoms with Crippen LogP contribution in [0.1, 0.15) is 25.3 Å². The summed E-state index contributed by atoms with van der Waals surface area (Å²) in [6.07, 6.45) is 7.44. The van der Waals surface area contributed by atoms with E-state index in [-0.39, 0.29) is 0 Å². The first-order valence-corrected chi connectivity index (χ1v) is 7.09. The Morgan fingerprint density at radius 1 is 1.19 bits per heavy atom. The van der Waals surface area contributed by atoms with Gasteiger partial charge in [0.25, 0.3) is 11.8 Å². The van der Waals surface area contributed by atoms with E-state index in [0.717, 1.165) is 11.3 Å². The smallest absolute Gasteiger partial charge is 0.268 e. The predicted molar refractivity (Wildman–Crippen MR) is 78.1 cm³/mol. The molecule has 0 atom stereocenters. The summed E-state index contributed by atoms with van der Waals surface area (Å²) in [7, 11) is 0. The van der Waals surface area contributed by atoms with Crippen LogP contribution in [0.4, 0.5) is 11.6 Å². The van der Waals surface area contributed by atoms with Crippen LogP contribution in [-0.4, -0.2) is 19.9 Å². The Kier molecular flexibility index (Phi) is 2.92. The number of rotatable bonds is 4. The highest BCUT2D eigenvalue weighted by Crippen LogP contribution is 2.32. The van der Waals surface area contributed by atoms with Crippen molar-refractivity contribution in [1.82, 2.24) is 19.9 Å². The summed E-state index contributed by atoms with van der Waals surface area (Å²) in [5.74, 6) is 0.937. The van der Waals surface area contributed by atoms with Crippen LogP contribution in [0.25, 0.3) is 11.5 Å². The van der Waals surface area contributed by atoms with Gasteiger partial charge < -0.3 is 9.84 Å². The van der Waals surface area contributed by atoms with Gasteiger partial charge in [0.05, 0.1) is 17.8 Å². The van der Waals surface area contributed by atoms with Crippen molar-refractivity contribution in [3.63, 3.8) is 0 Å². The first-order chi connectivity index (χ1) is 10.4. The molecule has 3 aromatic rings. The summed E-state index contributed by atoms with van der Waals surface area (Å²) in [6, 6.07) is 10.3. The van der Waals surface area contributed by atoms with Crippen LogP contribution in [0, 0.1) is 0 Å². The van der Waals surface area contributed by atoms with Crippen LogP contribution in [0.2, 0.25) is 0 Å². The molecular formula is C15H15N5O. The molecule has 4 rings (SSSR count). The Labute approximate surface area is 121 Å². The SMILES string of the molecule is c1ccc(Nc2noc(-c3cnn(C4CCC4)c3)n2)cc1. The molecule has 0 amide bonds. The molecule has 0 spiro atoms. The molecule has 1 N–H and O–H groups in total. The molecule has 1 aliphatic rings. The van der Waals surface area contributed by atoms with Gasteiger partial charge in [-0.25, -0.2) is 0 Å². The monoisotopic (exact) mass is 281 g/mol. The zero-order chi connectivity index (χ0) is 14.1. The fourth-order valence-corrected chi connectivity index (χ4v) is 2.34. The molecule has 21 heavy (non-hydrogen) atoms. The molecule has 106 valence electrons. The van der Waals surface area contributed by atoms with Gasteiger partial charge in [-0.3, -0.25) is 4.68 Å². The van der Waals surface area contributed by atoms with Gasteiger partial charge in [-0.2, -0.15) is 10.1 Å². The van der Waals surface area contributed by atoms with E-state index >= 15 is 0 Å². The predicted octanol–water partition coefficient (Wildman–Crippen LogP) is 3.40. The first-order valence-electron chi connectivity index (χ1n) is 7.09. The van der Waals surface area contributed by atoms with Crippen LogP contribution < -0.4 is 5.32 Å². The van der Waals surface area contributed by atoms with Crippen LogP contribution in [-0.2, 0) is 0 Å². The molecule has 6 heteroatoms. The lowest BCUT2D eigenvalue weighted by Gasteiger charge is -2.25. The molecule has 2 heterocycles. The minimum Gasteiger partial charge on any atom is -0.332 e. The Hall–Kier alpha value is -2.63. The fourth-order valence-electron chi connectivity index (χ4n) is 2.34. The van der Waals surface area contributed by atoms with Crippen molar-refractivity contribution in [3.05, 3.63) is 42.7 Å². The number of anilines is 2. The van der Waals surface area contributed by atoms with Crippen LogP contribution in [0.5, 0.6) is 0 Å². The lowest BCUT2D eigenvalue weighted by atomic mass is 9.93. The average molecular weight is 281 g/mol. The number of para-hydroxylation sites is 1. The van der Waals surface area contributed by atoms with E-state index in [1.54, 1.807) is 6.20 Å². The van der Waals surface area contributed by atoms with Crippen LogP contribution in [0.3, 0.4) is 0 Å². The van der Waals surface area contributed by atoms with Crippen molar-refractivity contribution >= 4 is 11.6 Å². The molecule has 0 aliphatic heterocycles. The van der Waals surface area contributed by atoms with Crippen molar-refractivity contribution in [2.45, 2.75) is 25.3 Å². The minimum absolute atomic E-state index is 0.451. The molecule has 1 fully saturated rings. The van der Waals surface area contributed by atoms with Gasteiger partial charge in [-0.15, -0.1) is 0 Å². The molecule has 6 nitrogen and oxygen atoms in total. The minimum atomic E-state index is 0.451. The normalized spacial score (nSPS) is 14.9. The van der Waals surface area contributed by atoms with Gasteiger partial charge in [0, 0.05) is 11.9 Å². The molecule has 1 aromatic carbocycles. The quantitative estimate of drug-likeness (QED) is 0.793. The lowest BCUT2D eigenvalue weighted by molar-refractivity contribution is 0.289. The number of benzene rings is 1. The lowest BCUT2D eigenvalue weighted by Crippen LogP contribution is -2.16. The Morgan fingerprint density at radius 3 is 2.81 bits per heavy atom. The number of nitrogens with one attached hydrogen (secondary N) is 1. The van der Waals surface area contributed by atoms with Crippen molar-refractivity contribution < 1.29 is 4.52 Å². The molecule has 0 radical (unpaired) electrons. The Bertz CT molecular complexity index is 729. The molecular weight excluding hydrogens is 266 g/mol. The molecule has 1 aliphatic carbocycles. The maximum Gasteiger partial charge on any atom is 0.268 e. The molecule has 0 saturated heterocycles. The van der Waals surface area contributed by atoms with Crippen molar-refractivity contribution in [2.75, 3.05) is 5.32 Å². The van der Waals surface area contributed by atoms with Crippen molar-refractivity contribution in [3.8, 4) is 11.5 Å². The van der Waals surface area contributed by atoms with Gasteiger partial charge in [-0.05, 0) is 36.6 Å². The van der Waals surface area contributed by atoms with E-state index in [9.17, 15) is 0 Å². The molecule has 0 bridgehead atoms. The van der Waals surface area contributed by atoms with E-state index in [1.807, 2.05) is 41.2 Å². The zero-order valence-corrected chi connectivity index (χ0v) is 11.4. The Balaban J connectivity index is 1.52. The number of hydrogen-bond acceptors (Lipinski definition) is 5. The molecule has 1 saturated carbocycles. The topological polar surface area (TPSA) is 68.8 Å². The van der Waals surface area contributed by atoms with E-state index in [2.05, 4.69) is 20.6 Å². The fraction of sp³-hybridized carbons (Fsp3) is 0.267. The second-order valence-electron chi connectivity index (χ2n) is 5.21. The Morgan fingerprint density at radius 2 is 2.05 bits per heavy atom. The third-order valence-corrected chi connectivity index (χ3v) is 3.75. The maximum atomic E-state index is 5.29. The maximum absolute atomic E-state index is 5.29. The third kappa shape index (κ3) is 2.40. The summed E-state index contributed by atoms with van der Waals surface area (Å²) >= 11 is 0. The van der Waals surface area contributed by atoms with Gasteiger partial charge >= 0.3 is 0 Å². The van der Waals surface area contributed by atoms with Crippen molar-refractivity contribution in [2.24, 2.45) is 0 Å². The average Bonchev–Trinajstić information content (AvgIpc) is 3.07. The third-order valence-electron chi connectivity index (χ3n) is 3.75. The summed E-state index contributed by atoms with van der Waals surface area (Å²) in [5, 5.41) is 11.4. The standard InChI is InChI=1S/C15H15N5O/c1-2-5-12(6-3-1)17-15-18-14(21-19-15)11-9-16-20(10-11)13-7-4-8-13/h1-3,5-6,9-10,13H,4,7-8H2,(H,17,19). The van der Waals surface area contributed by atoms with Gasteiger partial charge in [-0.1, -0.05) is 18.2 Å². The highest BCUT2D eigenvalue weighted by molar-refractivity contribution is 5.56. The summed E-state index contributed by atoms with van der Waals surface area (Å²) < 4.78 is 7.28. The summed E-state index contributed by atoms with van der Waals surface area (Å²) in [6.45, 7) is 0. The second-order valence-corrected chi connectivity index (χ2v) is 5.21. The second kappa shape index (κ2) is 5.05. The highest BCUT2D eigenvalue weighted by atomic mass is 16.5. The van der Waals surface area contributed by atoms with E-state index in [4.69, 9.17) is 4.52 Å². The van der Waals surface area contributed by atoms with E-state index < -0.39 is 0 Å². The number of nitrogens with zero attached hydrogens (tertiary/aromatic N) is 4. The number of aromatic nitrogens is 4. The first kappa shape index (κ1) is 12.1.